The topological polar surface area (TPSA) is 73.2 Å². The minimum Gasteiger partial charge on any atom is -0.462 e. The SMILES string of the molecule is CCCOC(=O)c1c(NC(=O)Cn2nc(C(F)(F)F)c(Br)c2C2CC2)sc2c1CCCC2. The Labute approximate surface area is 195 Å². The highest BCUT2D eigenvalue weighted by Crippen LogP contribution is 2.47. The van der Waals surface area contributed by atoms with Crippen LogP contribution in [-0.2, 0) is 35.1 Å². The van der Waals surface area contributed by atoms with Crippen LogP contribution in [0.15, 0.2) is 4.47 Å². The van der Waals surface area contributed by atoms with E-state index in [9.17, 15) is 22.8 Å². The standard InChI is InChI=1S/C21H23BrF3N3O3S/c1-2-9-31-20(30)15-12-5-3-4-6-13(12)32-19(15)26-14(29)10-28-17(11-7-8-11)16(22)18(27-28)21(23,24)25/h11H,2-10H2,1H3,(H,26,29). The molecule has 0 radical (unpaired) electrons. The first-order valence-corrected chi connectivity index (χ1v) is 12.3. The van der Waals surface area contributed by atoms with Crippen molar-refractivity contribution in [2.24, 2.45) is 0 Å². The largest absolute Gasteiger partial charge is 0.462 e. The Balaban J connectivity index is 1.59. The third kappa shape index (κ3) is 4.73. The molecule has 2 aromatic rings. The molecule has 4 rings (SSSR count). The van der Waals surface area contributed by atoms with E-state index in [0.29, 0.717) is 22.7 Å². The van der Waals surface area contributed by atoms with E-state index in [2.05, 4.69) is 26.3 Å². The minimum absolute atomic E-state index is 0.0468. The van der Waals surface area contributed by atoms with Gasteiger partial charge in [-0.25, -0.2) is 4.79 Å². The van der Waals surface area contributed by atoms with Gasteiger partial charge < -0.3 is 10.1 Å². The molecule has 1 N–H and O–H groups in total. The summed E-state index contributed by atoms with van der Waals surface area (Å²) in [7, 11) is 0. The van der Waals surface area contributed by atoms with Gasteiger partial charge in [-0.05, 0) is 66.4 Å². The Morgan fingerprint density at radius 1 is 1.28 bits per heavy atom. The predicted octanol–water partition coefficient (Wildman–Crippen LogP) is 5.69. The zero-order valence-electron chi connectivity index (χ0n) is 17.5. The molecular weight excluding hydrogens is 511 g/mol. The van der Waals surface area contributed by atoms with Crippen LogP contribution in [0, 0.1) is 0 Å². The molecule has 2 aliphatic rings. The lowest BCUT2D eigenvalue weighted by Gasteiger charge is -2.13. The molecule has 0 atom stereocenters. The second kappa shape index (κ2) is 9.17. The fourth-order valence-electron chi connectivity index (χ4n) is 3.94. The maximum absolute atomic E-state index is 13.3. The lowest BCUT2D eigenvalue weighted by atomic mass is 9.95. The summed E-state index contributed by atoms with van der Waals surface area (Å²) in [6.45, 7) is 1.81. The lowest BCUT2D eigenvalue weighted by Crippen LogP contribution is -2.22. The number of esters is 1. The quantitative estimate of drug-likeness (QED) is 0.464. The predicted molar refractivity (Wildman–Crippen MR) is 117 cm³/mol. The van der Waals surface area contributed by atoms with E-state index >= 15 is 0 Å². The number of thiophene rings is 1. The first kappa shape index (κ1) is 23.3. The maximum atomic E-state index is 13.3. The fraction of sp³-hybridized carbons (Fsp3) is 0.571. The van der Waals surface area contributed by atoms with Gasteiger partial charge in [0.2, 0.25) is 5.91 Å². The number of anilines is 1. The number of alkyl halides is 3. The molecule has 1 fully saturated rings. The number of aryl methyl sites for hydroxylation is 1. The number of fused-ring (bicyclic) bond motifs is 1. The number of halogens is 4. The van der Waals surface area contributed by atoms with E-state index < -0.39 is 23.7 Å². The molecule has 2 aliphatic carbocycles. The van der Waals surface area contributed by atoms with Crippen molar-refractivity contribution in [2.75, 3.05) is 11.9 Å². The smallest absolute Gasteiger partial charge is 0.436 e. The van der Waals surface area contributed by atoms with Crippen molar-refractivity contribution in [2.45, 2.75) is 70.5 Å². The summed E-state index contributed by atoms with van der Waals surface area (Å²) in [5.41, 5.74) is 0.659. The summed E-state index contributed by atoms with van der Waals surface area (Å²) in [4.78, 5) is 26.6. The number of hydrogen-bond donors (Lipinski definition) is 1. The highest BCUT2D eigenvalue weighted by atomic mass is 79.9. The van der Waals surface area contributed by atoms with Gasteiger partial charge in [0.25, 0.3) is 0 Å². The van der Waals surface area contributed by atoms with Gasteiger partial charge in [-0.1, -0.05) is 6.92 Å². The van der Waals surface area contributed by atoms with Crippen LogP contribution < -0.4 is 5.32 Å². The third-order valence-electron chi connectivity index (χ3n) is 5.52. The second-order valence-electron chi connectivity index (χ2n) is 8.08. The van der Waals surface area contributed by atoms with Crippen molar-refractivity contribution in [3.63, 3.8) is 0 Å². The second-order valence-corrected chi connectivity index (χ2v) is 9.97. The maximum Gasteiger partial charge on any atom is 0.436 e. The van der Waals surface area contributed by atoms with E-state index in [4.69, 9.17) is 4.74 Å². The van der Waals surface area contributed by atoms with Gasteiger partial charge >= 0.3 is 12.1 Å². The Kier molecular flexibility index (Phi) is 6.67. The van der Waals surface area contributed by atoms with Crippen LogP contribution in [0.5, 0.6) is 0 Å². The Hall–Kier alpha value is -1.88. The van der Waals surface area contributed by atoms with E-state index in [-0.39, 0.29) is 23.5 Å². The normalized spacial score (nSPS) is 16.0. The van der Waals surface area contributed by atoms with Crippen LogP contribution in [0.2, 0.25) is 0 Å². The average molecular weight is 534 g/mol. The van der Waals surface area contributed by atoms with Gasteiger partial charge in [0.15, 0.2) is 5.69 Å². The van der Waals surface area contributed by atoms with E-state index in [1.54, 1.807) is 0 Å². The number of nitrogens with zero attached hydrogens (tertiary/aromatic N) is 2. The summed E-state index contributed by atoms with van der Waals surface area (Å²) in [6.07, 6.45) is 1.12. The van der Waals surface area contributed by atoms with Crippen molar-refractivity contribution in [1.82, 2.24) is 9.78 Å². The fourth-order valence-corrected chi connectivity index (χ4v) is 6.07. The van der Waals surface area contributed by atoms with Crippen LogP contribution >= 0.6 is 27.3 Å². The number of aromatic nitrogens is 2. The number of nitrogens with one attached hydrogen (secondary N) is 1. The first-order valence-electron chi connectivity index (χ1n) is 10.7. The molecule has 0 spiro atoms. The Morgan fingerprint density at radius 3 is 2.66 bits per heavy atom. The van der Waals surface area contributed by atoms with Crippen molar-refractivity contribution in [3.8, 4) is 0 Å². The molecular formula is C21H23BrF3N3O3S. The highest BCUT2D eigenvalue weighted by molar-refractivity contribution is 9.10. The van der Waals surface area contributed by atoms with Gasteiger partial charge in [0.05, 0.1) is 22.3 Å². The number of carbonyl (C=O) groups excluding carboxylic acids is 2. The molecule has 32 heavy (non-hydrogen) atoms. The Morgan fingerprint density at radius 2 is 2.00 bits per heavy atom. The lowest BCUT2D eigenvalue weighted by molar-refractivity contribution is -0.142. The molecule has 11 heteroatoms. The molecule has 0 bridgehead atoms. The van der Waals surface area contributed by atoms with E-state index in [0.717, 1.165) is 53.6 Å². The van der Waals surface area contributed by atoms with Crippen molar-refractivity contribution < 1.29 is 27.5 Å². The number of carbonyl (C=O) groups is 2. The van der Waals surface area contributed by atoms with Gasteiger partial charge in [-0.2, -0.15) is 18.3 Å². The Bertz CT molecular complexity index is 1040. The van der Waals surface area contributed by atoms with Gasteiger partial charge in [0.1, 0.15) is 11.5 Å². The molecule has 2 aromatic heterocycles. The van der Waals surface area contributed by atoms with Crippen molar-refractivity contribution >= 4 is 44.1 Å². The van der Waals surface area contributed by atoms with Crippen molar-refractivity contribution in [3.05, 3.63) is 31.9 Å². The van der Waals surface area contributed by atoms with Crippen LogP contribution in [0.25, 0.3) is 0 Å². The highest BCUT2D eigenvalue weighted by Gasteiger charge is 2.42. The molecule has 174 valence electrons. The summed E-state index contributed by atoms with van der Waals surface area (Å²) in [6, 6.07) is 0. The van der Waals surface area contributed by atoms with E-state index in [1.165, 1.54) is 11.3 Å². The number of amides is 1. The summed E-state index contributed by atoms with van der Waals surface area (Å²) in [5, 5.41) is 6.83. The summed E-state index contributed by atoms with van der Waals surface area (Å²) < 4.78 is 46.3. The van der Waals surface area contributed by atoms with Crippen LogP contribution in [0.4, 0.5) is 18.2 Å². The van der Waals surface area contributed by atoms with Gasteiger partial charge in [0, 0.05) is 10.8 Å². The third-order valence-corrected chi connectivity index (χ3v) is 7.51. The summed E-state index contributed by atoms with van der Waals surface area (Å²) in [5.74, 6) is -1.05. The molecule has 1 saturated carbocycles. The van der Waals surface area contributed by atoms with Gasteiger partial charge in [-0.15, -0.1) is 11.3 Å². The van der Waals surface area contributed by atoms with Crippen LogP contribution in [0.3, 0.4) is 0 Å². The average Bonchev–Trinajstić information content (AvgIpc) is 3.41. The molecule has 1 amide bonds. The van der Waals surface area contributed by atoms with Crippen LogP contribution in [0.1, 0.15) is 77.1 Å². The molecule has 2 heterocycles. The number of ether oxygens (including phenoxy) is 1. The number of rotatable bonds is 7. The molecule has 0 unspecified atom stereocenters. The molecule has 0 aliphatic heterocycles. The minimum atomic E-state index is -4.62. The molecule has 6 nitrogen and oxygen atoms in total. The molecule has 0 saturated heterocycles. The van der Waals surface area contributed by atoms with Gasteiger partial charge in [-0.3, -0.25) is 9.48 Å². The van der Waals surface area contributed by atoms with E-state index in [1.807, 2.05) is 6.92 Å². The molecule has 0 aromatic carbocycles. The monoisotopic (exact) mass is 533 g/mol. The first-order chi connectivity index (χ1) is 15.2. The summed E-state index contributed by atoms with van der Waals surface area (Å²) >= 11 is 4.38. The van der Waals surface area contributed by atoms with Crippen LogP contribution in [-0.4, -0.2) is 28.3 Å². The zero-order chi connectivity index (χ0) is 23.0. The number of hydrogen-bond acceptors (Lipinski definition) is 5. The zero-order valence-corrected chi connectivity index (χ0v) is 19.9. The van der Waals surface area contributed by atoms with Crippen molar-refractivity contribution in [1.29, 1.82) is 0 Å².